The number of nitrogens with zero attached hydrogens (tertiary/aromatic N) is 1. The van der Waals surface area contributed by atoms with E-state index in [0.29, 0.717) is 18.6 Å². The zero-order valence-electron chi connectivity index (χ0n) is 15.2. The number of benzene rings is 2. The molecule has 0 spiro atoms. The molecule has 152 valence electrons. The monoisotopic (exact) mass is 419 g/mol. The molecule has 2 amide bonds. The van der Waals surface area contributed by atoms with E-state index in [2.05, 4.69) is 10.6 Å². The lowest BCUT2D eigenvalue weighted by Crippen LogP contribution is -2.43. The van der Waals surface area contributed by atoms with Crippen LogP contribution in [0.1, 0.15) is 12.8 Å². The molecule has 8 nitrogen and oxygen atoms in total. The van der Waals surface area contributed by atoms with Crippen LogP contribution in [0.5, 0.6) is 5.75 Å². The van der Waals surface area contributed by atoms with Gasteiger partial charge in [0.1, 0.15) is 17.6 Å². The van der Waals surface area contributed by atoms with Crippen molar-refractivity contribution in [2.24, 2.45) is 0 Å². The van der Waals surface area contributed by atoms with Gasteiger partial charge in [-0.05, 0) is 49.2 Å². The quantitative estimate of drug-likeness (QED) is 0.788. The molecule has 1 fully saturated rings. The first kappa shape index (κ1) is 19.3. The Morgan fingerprint density at radius 1 is 1.24 bits per heavy atom. The average molecular weight is 419 g/mol. The Bertz CT molecular complexity index is 1090. The number of sulfonamides is 1. The number of halogens is 1. The van der Waals surface area contributed by atoms with Gasteiger partial charge in [0.2, 0.25) is 15.9 Å². The van der Waals surface area contributed by atoms with E-state index in [4.69, 9.17) is 4.74 Å². The van der Waals surface area contributed by atoms with Crippen molar-refractivity contribution < 1.29 is 27.1 Å². The maximum Gasteiger partial charge on any atom is 0.262 e. The van der Waals surface area contributed by atoms with Crippen LogP contribution in [-0.2, 0) is 19.6 Å². The lowest BCUT2D eigenvalue weighted by atomic mass is 10.2. The first-order valence-electron chi connectivity index (χ1n) is 8.99. The minimum Gasteiger partial charge on any atom is -0.482 e. The maximum atomic E-state index is 13.3. The van der Waals surface area contributed by atoms with Gasteiger partial charge in [-0.3, -0.25) is 9.59 Å². The zero-order valence-corrected chi connectivity index (χ0v) is 16.0. The molecule has 1 saturated heterocycles. The molecular formula is C19H18FN3O5S. The summed E-state index contributed by atoms with van der Waals surface area (Å²) in [6.07, 6.45) is 0.871. The Balaban J connectivity index is 1.58. The van der Waals surface area contributed by atoms with Crippen LogP contribution in [0.2, 0.25) is 0 Å². The Morgan fingerprint density at radius 3 is 2.86 bits per heavy atom. The SMILES string of the molecule is O=C1COc2ccc(S(=O)(=O)N3CCCC3C(=O)Nc3cccc(F)c3)cc2N1. The number of ether oxygens (including phenoxy) is 1. The summed E-state index contributed by atoms with van der Waals surface area (Å²) < 4.78 is 46.0. The van der Waals surface area contributed by atoms with Gasteiger partial charge in [-0.2, -0.15) is 4.31 Å². The highest BCUT2D eigenvalue weighted by atomic mass is 32.2. The third-order valence-corrected chi connectivity index (χ3v) is 6.69. The number of amides is 2. The minimum absolute atomic E-state index is 0.0486. The molecule has 0 aliphatic carbocycles. The van der Waals surface area contributed by atoms with Crippen molar-refractivity contribution in [3.05, 3.63) is 48.3 Å². The fourth-order valence-corrected chi connectivity index (χ4v) is 5.12. The van der Waals surface area contributed by atoms with E-state index in [9.17, 15) is 22.4 Å². The second-order valence-electron chi connectivity index (χ2n) is 6.77. The first-order valence-corrected chi connectivity index (χ1v) is 10.4. The normalized spacial score (nSPS) is 19.2. The van der Waals surface area contributed by atoms with Gasteiger partial charge in [0, 0.05) is 12.2 Å². The number of fused-ring (bicyclic) bond motifs is 1. The molecule has 10 heteroatoms. The Hall–Kier alpha value is -2.98. The predicted molar refractivity (Wildman–Crippen MR) is 103 cm³/mol. The Kier molecular flexibility index (Phi) is 4.97. The van der Waals surface area contributed by atoms with Crippen LogP contribution in [0.4, 0.5) is 15.8 Å². The Labute approximate surface area is 166 Å². The summed E-state index contributed by atoms with van der Waals surface area (Å²) in [6, 6.07) is 8.66. The molecule has 2 aliphatic rings. The van der Waals surface area contributed by atoms with Crippen molar-refractivity contribution >= 4 is 33.2 Å². The van der Waals surface area contributed by atoms with Gasteiger partial charge in [0.05, 0.1) is 10.6 Å². The first-order chi connectivity index (χ1) is 13.8. The van der Waals surface area contributed by atoms with Gasteiger partial charge in [0.15, 0.2) is 6.61 Å². The van der Waals surface area contributed by atoms with E-state index in [1.165, 1.54) is 36.4 Å². The van der Waals surface area contributed by atoms with Crippen molar-refractivity contribution in [2.45, 2.75) is 23.8 Å². The largest absolute Gasteiger partial charge is 0.482 e. The van der Waals surface area contributed by atoms with E-state index in [1.807, 2.05) is 0 Å². The van der Waals surface area contributed by atoms with E-state index >= 15 is 0 Å². The third kappa shape index (κ3) is 3.81. The molecule has 1 atom stereocenters. The molecule has 2 heterocycles. The summed E-state index contributed by atoms with van der Waals surface area (Å²) in [5.74, 6) is -1.02. The van der Waals surface area contributed by atoms with Gasteiger partial charge in [0.25, 0.3) is 5.91 Å². The second-order valence-corrected chi connectivity index (χ2v) is 8.66. The smallest absolute Gasteiger partial charge is 0.262 e. The third-order valence-electron chi connectivity index (χ3n) is 4.79. The summed E-state index contributed by atoms with van der Waals surface area (Å²) in [6.45, 7) is 0.0526. The van der Waals surface area contributed by atoms with Gasteiger partial charge >= 0.3 is 0 Å². The van der Waals surface area contributed by atoms with E-state index in [0.717, 1.165) is 10.4 Å². The highest BCUT2D eigenvalue weighted by Gasteiger charge is 2.40. The topological polar surface area (TPSA) is 105 Å². The number of carbonyl (C=O) groups excluding carboxylic acids is 2. The van der Waals surface area contributed by atoms with Crippen LogP contribution >= 0.6 is 0 Å². The molecular weight excluding hydrogens is 401 g/mol. The standard InChI is InChI=1S/C19H18FN3O5S/c20-12-3-1-4-13(9-12)21-19(25)16-5-2-8-23(16)29(26,27)14-6-7-17-15(10-14)22-18(24)11-28-17/h1,3-4,6-7,9-10,16H,2,5,8,11H2,(H,21,25)(H,22,24). The molecule has 2 N–H and O–H groups in total. The molecule has 0 radical (unpaired) electrons. The predicted octanol–water partition coefficient (Wildman–Crippen LogP) is 1.95. The highest BCUT2D eigenvalue weighted by molar-refractivity contribution is 7.89. The van der Waals surface area contributed by atoms with Crippen molar-refractivity contribution in [3.63, 3.8) is 0 Å². The summed E-state index contributed by atoms with van der Waals surface area (Å²) in [4.78, 5) is 24.1. The average Bonchev–Trinajstić information content (AvgIpc) is 3.18. The highest BCUT2D eigenvalue weighted by Crippen LogP contribution is 2.33. The summed E-state index contributed by atoms with van der Waals surface area (Å²) >= 11 is 0. The van der Waals surface area contributed by atoms with E-state index in [-0.39, 0.29) is 35.3 Å². The fraction of sp³-hybridized carbons (Fsp3) is 0.263. The van der Waals surface area contributed by atoms with Crippen LogP contribution < -0.4 is 15.4 Å². The molecule has 1 unspecified atom stereocenters. The van der Waals surface area contributed by atoms with Crippen LogP contribution in [0.25, 0.3) is 0 Å². The van der Waals surface area contributed by atoms with Crippen LogP contribution in [0.15, 0.2) is 47.4 Å². The molecule has 2 aromatic rings. The fourth-order valence-electron chi connectivity index (χ4n) is 3.44. The van der Waals surface area contributed by atoms with E-state index < -0.39 is 27.8 Å². The van der Waals surface area contributed by atoms with Crippen molar-refractivity contribution in [2.75, 3.05) is 23.8 Å². The number of hydrogen-bond donors (Lipinski definition) is 2. The van der Waals surface area contributed by atoms with Gasteiger partial charge < -0.3 is 15.4 Å². The molecule has 0 aromatic heterocycles. The zero-order chi connectivity index (χ0) is 20.6. The number of anilines is 2. The summed E-state index contributed by atoms with van der Waals surface area (Å²) in [5.41, 5.74) is 0.523. The lowest BCUT2D eigenvalue weighted by molar-refractivity contribution is -0.119. The van der Waals surface area contributed by atoms with Crippen LogP contribution in [0.3, 0.4) is 0 Å². The van der Waals surface area contributed by atoms with Crippen molar-refractivity contribution in [1.29, 1.82) is 0 Å². The Morgan fingerprint density at radius 2 is 2.07 bits per heavy atom. The van der Waals surface area contributed by atoms with E-state index in [1.54, 1.807) is 0 Å². The summed E-state index contributed by atoms with van der Waals surface area (Å²) in [5, 5.41) is 5.15. The van der Waals surface area contributed by atoms with Gasteiger partial charge in [-0.15, -0.1) is 0 Å². The molecule has 0 saturated carbocycles. The molecule has 2 aromatic carbocycles. The molecule has 29 heavy (non-hydrogen) atoms. The lowest BCUT2D eigenvalue weighted by Gasteiger charge is -2.24. The minimum atomic E-state index is -3.99. The van der Waals surface area contributed by atoms with Crippen molar-refractivity contribution in [3.8, 4) is 5.75 Å². The summed E-state index contributed by atoms with van der Waals surface area (Å²) in [7, 11) is -3.99. The number of carbonyl (C=O) groups is 2. The second kappa shape index (κ2) is 7.45. The molecule has 2 aliphatic heterocycles. The van der Waals surface area contributed by atoms with Crippen LogP contribution in [0, 0.1) is 5.82 Å². The number of hydrogen-bond acceptors (Lipinski definition) is 5. The number of nitrogens with one attached hydrogen (secondary N) is 2. The van der Waals surface area contributed by atoms with Gasteiger partial charge in [-0.25, -0.2) is 12.8 Å². The van der Waals surface area contributed by atoms with Gasteiger partial charge in [-0.1, -0.05) is 6.07 Å². The molecule has 4 rings (SSSR count). The number of rotatable bonds is 4. The van der Waals surface area contributed by atoms with Crippen LogP contribution in [-0.4, -0.2) is 43.7 Å². The molecule has 0 bridgehead atoms. The van der Waals surface area contributed by atoms with Crippen molar-refractivity contribution in [1.82, 2.24) is 4.31 Å². The maximum absolute atomic E-state index is 13.3.